The lowest BCUT2D eigenvalue weighted by molar-refractivity contribution is -0.0190. The van der Waals surface area contributed by atoms with E-state index < -0.39 is 6.04 Å². The number of amides is 2. The second-order valence-corrected chi connectivity index (χ2v) is 12.9. The number of nitrogens with zero attached hydrogens (tertiary/aromatic N) is 3. The molecule has 4 rings (SSSR count). The van der Waals surface area contributed by atoms with E-state index in [2.05, 4.69) is 29.2 Å². The number of aliphatic hydroxyl groups excluding tert-OH is 1. The smallest absolute Gasteiger partial charge is 0.258 e. The van der Waals surface area contributed by atoms with Crippen LogP contribution in [-0.4, -0.2) is 89.9 Å². The monoisotopic (exact) mass is 608 g/mol. The van der Waals surface area contributed by atoms with E-state index in [0.29, 0.717) is 35.7 Å². The molecule has 0 saturated heterocycles. The number of fused-ring (bicyclic) bond motifs is 1. The van der Waals surface area contributed by atoms with Crippen LogP contribution in [0.5, 0.6) is 5.75 Å². The number of nitrogens with one attached hydrogen (secondary N) is 1. The molecule has 1 aliphatic carbocycles. The summed E-state index contributed by atoms with van der Waals surface area (Å²) in [6, 6.07) is 8.07. The van der Waals surface area contributed by atoms with Gasteiger partial charge in [-0.25, -0.2) is 0 Å². The molecule has 44 heavy (non-hydrogen) atoms. The summed E-state index contributed by atoms with van der Waals surface area (Å²) < 4.78 is 12.8. The summed E-state index contributed by atoms with van der Waals surface area (Å²) in [7, 11) is 2.19. The number of carbonyl (C=O) groups excluding carboxylic acids is 2. The SMILES string of the molecule is C[C@@H]1CCCCO[C@H](CN(C)CC2CCCCC2)[C@H](C)CN([C@H](C)CO)C(=O)c2cc(NC(=O)c3ccncc3)ccc2O1. The highest BCUT2D eigenvalue weighted by molar-refractivity contribution is 6.05. The topological polar surface area (TPSA) is 104 Å². The third-order valence-electron chi connectivity index (χ3n) is 9.04. The normalized spacial score (nSPS) is 23.4. The summed E-state index contributed by atoms with van der Waals surface area (Å²) in [6.45, 7) is 8.80. The summed E-state index contributed by atoms with van der Waals surface area (Å²) in [5.74, 6) is 0.710. The van der Waals surface area contributed by atoms with Crippen LogP contribution in [0.25, 0.3) is 0 Å². The molecule has 2 amide bonds. The van der Waals surface area contributed by atoms with Crippen molar-refractivity contribution < 1.29 is 24.2 Å². The molecule has 2 heterocycles. The highest BCUT2D eigenvalue weighted by Crippen LogP contribution is 2.29. The summed E-state index contributed by atoms with van der Waals surface area (Å²) >= 11 is 0. The number of pyridine rings is 1. The molecule has 1 saturated carbocycles. The Bertz CT molecular complexity index is 1190. The molecule has 1 fully saturated rings. The predicted molar refractivity (Wildman–Crippen MR) is 173 cm³/mol. The Balaban J connectivity index is 1.59. The van der Waals surface area contributed by atoms with E-state index in [1.165, 1.54) is 32.1 Å². The van der Waals surface area contributed by atoms with Crippen molar-refractivity contribution in [3.63, 3.8) is 0 Å². The largest absolute Gasteiger partial charge is 0.490 e. The molecule has 2 N–H and O–H groups in total. The van der Waals surface area contributed by atoms with Crippen LogP contribution in [0.15, 0.2) is 42.7 Å². The molecule has 0 bridgehead atoms. The van der Waals surface area contributed by atoms with Crippen molar-refractivity contribution in [3.05, 3.63) is 53.9 Å². The van der Waals surface area contributed by atoms with Gasteiger partial charge in [0.25, 0.3) is 11.8 Å². The molecule has 242 valence electrons. The molecule has 2 aliphatic rings. The highest BCUT2D eigenvalue weighted by Gasteiger charge is 2.31. The average Bonchev–Trinajstić information content (AvgIpc) is 3.03. The van der Waals surface area contributed by atoms with Crippen molar-refractivity contribution in [2.75, 3.05) is 45.2 Å². The van der Waals surface area contributed by atoms with Gasteiger partial charge in [0.2, 0.25) is 0 Å². The van der Waals surface area contributed by atoms with E-state index in [0.717, 1.165) is 38.3 Å². The number of anilines is 1. The minimum absolute atomic E-state index is 0.0302. The first-order valence-electron chi connectivity index (χ1n) is 16.5. The Hall–Kier alpha value is -3.01. The van der Waals surface area contributed by atoms with Gasteiger partial charge in [0.05, 0.1) is 30.4 Å². The molecule has 9 heteroatoms. The first-order valence-corrected chi connectivity index (χ1v) is 16.5. The van der Waals surface area contributed by atoms with Gasteiger partial charge in [-0.2, -0.15) is 0 Å². The fourth-order valence-electron chi connectivity index (χ4n) is 6.36. The van der Waals surface area contributed by atoms with Crippen molar-refractivity contribution in [2.24, 2.45) is 11.8 Å². The summed E-state index contributed by atoms with van der Waals surface area (Å²) in [5.41, 5.74) is 1.33. The number of hydrogen-bond donors (Lipinski definition) is 2. The van der Waals surface area contributed by atoms with Gasteiger partial charge in [-0.15, -0.1) is 0 Å². The van der Waals surface area contributed by atoms with Gasteiger partial charge in [-0.05, 0) is 89.2 Å². The summed E-state index contributed by atoms with van der Waals surface area (Å²) in [4.78, 5) is 35.3. The molecular formula is C35H52N4O5. The lowest BCUT2D eigenvalue weighted by atomic mass is 9.89. The molecule has 1 aromatic carbocycles. The van der Waals surface area contributed by atoms with Crippen LogP contribution in [0.1, 0.15) is 92.9 Å². The number of aliphatic hydroxyl groups is 1. The fourth-order valence-corrected chi connectivity index (χ4v) is 6.36. The number of likely N-dealkylation sites (N-methyl/N-ethyl adjacent to an activating group) is 1. The zero-order valence-electron chi connectivity index (χ0n) is 27.0. The number of rotatable bonds is 8. The second kappa shape index (κ2) is 16.9. The van der Waals surface area contributed by atoms with E-state index >= 15 is 0 Å². The van der Waals surface area contributed by atoms with Gasteiger partial charge in [0.15, 0.2) is 0 Å². The first kappa shape index (κ1) is 33.9. The quantitative estimate of drug-likeness (QED) is 0.400. The highest BCUT2D eigenvalue weighted by atomic mass is 16.5. The molecule has 0 radical (unpaired) electrons. The van der Waals surface area contributed by atoms with Gasteiger partial charge in [-0.3, -0.25) is 14.6 Å². The number of benzene rings is 1. The maximum Gasteiger partial charge on any atom is 0.258 e. The van der Waals surface area contributed by atoms with Crippen molar-refractivity contribution in [1.82, 2.24) is 14.8 Å². The van der Waals surface area contributed by atoms with Crippen molar-refractivity contribution in [3.8, 4) is 5.75 Å². The van der Waals surface area contributed by atoms with E-state index in [1.54, 1.807) is 47.6 Å². The fraction of sp³-hybridized carbons (Fsp3) is 0.629. The first-order chi connectivity index (χ1) is 21.2. The third kappa shape index (κ3) is 9.74. The third-order valence-corrected chi connectivity index (χ3v) is 9.04. The van der Waals surface area contributed by atoms with E-state index in [9.17, 15) is 14.7 Å². The zero-order chi connectivity index (χ0) is 31.5. The number of aromatic nitrogens is 1. The van der Waals surface area contributed by atoms with E-state index in [4.69, 9.17) is 9.47 Å². The lowest BCUT2D eigenvalue weighted by Crippen LogP contribution is -2.47. The van der Waals surface area contributed by atoms with Crippen LogP contribution in [0.4, 0.5) is 5.69 Å². The predicted octanol–water partition coefficient (Wildman–Crippen LogP) is 5.64. The molecule has 1 aliphatic heterocycles. The Morgan fingerprint density at radius 3 is 2.52 bits per heavy atom. The Kier molecular flexibility index (Phi) is 13.0. The molecule has 0 unspecified atom stereocenters. The van der Waals surface area contributed by atoms with Crippen molar-refractivity contribution in [1.29, 1.82) is 0 Å². The van der Waals surface area contributed by atoms with Crippen LogP contribution >= 0.6 is 0 Å². The minimum atomic E-state index is -0.418. The molecular weight excluding hydrogens is 556 g/mol. The number of hydrogen-bond acceptors (Lipinski definition) is 7. The maximum atomic E-state index is 14.3. The lowest BCUT2D eigenvalue weighted by Gasteiger charge is -2.36. The van der Waals surface area contributed by atoms with E-state index in [-0.39, 0.29) is 36.5 Å². The summed E-state index contributed by atoms with van der Waals surface area (Å²) in [6.07, 6.45) is 12.3. The minimum Gasteiger partial charge on any atom is -0.490 e. The molecule has 2 aromatic rings. The second-order valence-electron chi connectivity index (χ2n) is 12.9. The average molecular weight is 609 g/mol. The van der Waals surface area contributed by atoms with Gasteiger partial charge >= 0.3 is 0 Å². The molecule has 4 atom stereocenters. The Morgan fingerprint density at radius 2 is 1.80 bits per heavy atom. The summed E-state index contributed by atoms with van der Waals surface area (Å²) in [5, 5.41) is 13.1. The zero-order valence-corrected chi connectivity index (χ0v) is 27.0. The molecule has 1 aromatic heterocycles. The standard InChI is InChI=1S/C35H52N4O5/c1-25-21-39(26(2)24-40)35(42)31-20-30(37-34(41)29-15-17-36-18-16-29)13-14-32(31)44-27(3)10-8-9-19-43-33(25)23-38(4)22-28-11-6-5-7-12-28/h13-18,20,25-28,33,40H,5-12,19,21-24H2,1-4H3,(H,37,41)/t25-,26-,27-,33-/m1/s1. The van der Waals surface area contributed by atoms with Crippen LogP contribution in [0.2, 0.25) is 0 Å². The van der Waals surface area contributed by atoms with Gasteiger partial charge in [0, 0.05) is 55.8 Å². The Morgan fingerprint density at radius 1 is 1.07 bits per heavy atom. The van der Waals surface area contributed by atoms with Crippen molar-refractivity contribution >= 4 is 17.5 Å². The van der Waals surface area contributed by atoms with Crippen LogP contribution in [-0.2, 0) is 4.74 Å². The van der Waals surface area contributed by atoms with Gasteiger partial charge in [-0.1, -0.05) is 26.2 Å². The Labute approximate surface area is 263 Å². The van der Waals surface area contributed by atoms with Crippen LogP contribution in [0, 0.1) is 11.8 Å². The number of carbonyl (C=O) groups is 2. The van der Waals surface area contributed by atoms with Gasteiger partial charge in [0.1, 0.15) is 5.75 Å². The van der Waals surface area contributed by atoms with E-state index in [1.807, 2.05) is 13.8 Å². The molecule has 9 nitrogen and oxygen atoms in total. The van der Waals surface area contributed by atoms with Crippen LogP contribution in [0.3, 0.4) is 0 Å². The van der Waals surface area contributed by atoms with Crippen LogP contribution < -0.4 is 10.1 Å². The van der Waals surface area contributed by atoms with Crippen molar-refractivity contribution in [2.45, 2.75) is 90.4 Å². The number of ether oxygens (including phenoxy) is 2. The maximum absolute atomic E-state index is 14.3. The van der Waals surface area contributed by atoms with Gasteiger partial charge < -0.3 is 29.7 Å². The molecule has 0 spiro atoms.